The van der Waals surface area contributed by atoms with Crippen molar-refractivity contribution in [2.24, 2.45) is 5.73 Å². The van der Waals surface area contributed by atoms with E-state index in [1.165, 1.54) is 12.1 Å². The molecule has 0 aromatic heterocycles. The van der Waals surface area contributed by atoms with E-state index in [2.05, 4.69) is 10.1 Å². The van der Waals surface area contributed by atoms with Crippen LogP contribution < -0.4 is 15.8 Å². The van der Waals surface area contributed by atoms with Gasteiger partial charge in [-0.3, -0.25) is 4.79 Å². The quantitative estimate of drug-likeness (QED) is 0.869. The lowest BCUT2D eigenvalue weighted by Crippen LogP contribution is -2.51. The highest BCUT2D eigenvalue weighted by Gasteiger charge is 2.28. The molecule has 1 aliphatic carbocycles. The van der Waals surface area contributed by atoms with Gasteiger partial charge in [0.25, 0.3) is 5.91 Å². The number of amides is 1. The molecule has 0 atom stereocenters. The maximum absolute atomic E-state index is 12.3. The maximum atomic E-state index is 12.3. The molecule has 1 saturated carbocycles. The van der Waals surface area contributed by atoms with Gasteiger partial charge in [0, 0.05) is 12.1 Å². The van der Waals surface area contributed by atoms with Crippen LogP contribution in [0.5, 0.6) is 5.75 Å². The first-order valence-electron chi connectivity index (χ1n) is 7.11. The minimum absolute atomic E-state index is 0. The van der Waals surface area contributed by atoms with Crippen LogP contribution in [-0.2, 0) is 0 Å². The number of carbonyl (C=O) groups is 1. The zero-order valence-electron chi connectivity index (χ0n) is 12.2. The number of benzene rings is 1. The molecule has 22 heavy (non-hydrogen) atoms. The van der Waals surface area contributed by atoms with Gasteiger partial charge >= 0.3 is 6.61 Å². The lowest BCUT2D eigenvalue weighted by Gasteiger charge is -2.33. The molecule has 2 rings (SSSR count). The van der Waals surface area contributed by atoms with Crippen molar-refractivity contribution < 1.29 is 18.3 Å². The first kappa shape index (κ1) is 18.6. The molecular formula is C15H21ClF2N2O2. The molecule has 0 radical (unpaired) electrons. The molecule has 1 aromatic carbocycles. The van der Waals surface area contributed by atoms with E-state index < -0.39 is 18.1 Å². The highest BCUT2D eigenvalue weighted by atomic mass is 35.5. The smallest absolute Gasteiger partial charge is 0.387 e. The largest absolute Gasteiger partial charge is 0.434 e. The van der Waals surface area contributed by atoms with E-state index in [-0.39, 0.29) is 23.7 Å². The molecular weight excluding hydrogens is 314 g/mol. The topological polar surface area (TPSA) is 64.3 Å². The van der Waals surface area contributed by atoms with E-state index in [9.17, 15) is 13.6 Å². The second-order valence-corrected chi connectivity index (χ2v) is 5.48. The van der Waals surface area contributed by atoms with Gasteiger partial charge < -0.3 is 15.8 Å². The monoisotopic (exact) mass is 334 g/mol. The van der Waals surface area contributed by atoms with Crippen LogP contribution in [-0.4, -0.2) is 24.6 Å². The Labute approximate surface area is 134 Å². The van der Waals surface area contributed by atoms with Crippen molar-refractivity contribution in [2.45, 2.75) is 44.3 Å². The number of hydrogen-bond acceptors (Lipinski definition) is 3. The van der Waals surface area contributed by atoms with E-state index in [4.69, 9.17) is 5.73 Å². The molecule has 1 amide bonds. The standard InChI is InChI=1S/C15H20F2N2O2.ClH/c16-14(17)21-12-7-3-2-6-11(12)13(20)19-10-15(18)8-4-1-5-9-15;/h2-3,6-7,14H,1,4-5,8-10,18H2,(H,19,20);1H. The summed E-state index contributed by atoms with van der Waals surface area (Å²) in [5.74, 6) is -0.568. The second-order valence-electron chi connectivity index (χ2n) is 5.48. The summed E-state index contributed by atoms with van der Waals surface area (Å²) >= 11 is 0. The molecule has 3 N–H and O–H groups in total. The molecule has 0 saturated heterocycles. The number of nitrogens with one attached hydrogen (secondary N) is 1. The first-order chi connectivity index (χ1) is 10.0. The van der Waals surface area contributed by atoms with Gasteiger partial charge in [-0.05, 0) is 25.0 Å². The third kappa shape index (κ3) is 5.10. The van der Waals surface area contributed by atoms with Crippen LogP contribution in [0.25, 0.3) is 0 Å². The highest BCUT2D eigenvalue weighted by Crippen LogP contribution is 2.25. The number of halogens is 3. The van der Waals surface area contributed by atoms with Crippen LogP contribution in [0, 0.1) is 0 Å². The van der Waals surface area contributed by atoms with Gasteiger partial charge in [-0.25, -0.2) is 0 Å². The minimum atomic E-state index is -2.96. The average molecular weight is 335 g/mol. The SMILES string of the molecule is Cl.NC1(CNC(=O)c2ccccc2OC(F)F)CCCCC1. The second kappa shape index (κ2) is 8.29. The van der Waals surface area contributed by atoms with Crippen LogP contribution in [0.15, 0.2) is 24.3 Å². The minimum Gasteiger partial charge on any atom is -0.434 e. The number of ether oxygens (including phenoxy) is 1. The zero-order valence-corrected chi connectivity index (χ0v) is 13.0. The van der Waals surface area contributed by atoms with Gasteiger partial charge in [0.05, 0.1) is 5.56 Å². The molecule has 0 unspecified atom stereocenters. The number of carbonyl (C=O) groups excluding carboxylic acids is 1. The third-order valence-corrected chi connectivity index (χ3v) is 3.80. The number of rotatable bonds is 5. The van der Waals surface area contributed by atoms with Gasteiger partial charge in [0.2, 0.25) is 0 Å². The number of para-hydroxylation sites is 1. The molecule has 1 aliphatic rings. The summed E-state index contributed by atoms with van der Waals surface area (Å²) < 4.78 is 29.0. The Morgan fingerprint density at radius 3 is 2.55 bits per heavy atom. The zero-order chi connectivity index (χ0) is 15.3. The summed E-state index contributed by atoms with van der Waals surface area (Å²) in [6, 6.07) is 5.95. The van der Waals surface area contributed by atoms with Crippen molar-refractivity contribution in [2.75, 3.05) is 6.54 Å². The fourth-order valence-electron chi connectivity index (χ4n) is 2.64. The van der Waals surface area contributed by atoms with E-state index in [0.717, 1.165) is 32.1 Å². The van der Waals surface area contributed by atoms with Gasteiger partial charge in [-0.1, -0.05) is 31.4 Å². The Morgan fingerprint density at radius 1 is 1.27 bits per heavy atom. The van der Waals surface area contributed by atoms with Crippen molar-refractivity contribution in [3.05, 3.63) is 29.8 Å². The predicted molar refractivity (Wildman–Crippen MR) is 82.7 cm³/mol. The Hall–Kier alpha value is -1.40. The van der Waals surface area contributed by atoms with Crippen molar-refractivity contribution in [3.8, 4) is 5.75 Å². The van der Waals surface area contributed by atoms with Crippen molar-refractivity contribution in [1.29, 1.82) is 0 Å². The lowest BCUT2D eigenvalue weighted by molar-refractivity contribution is -0.0501. The Kier molecular flexibility index (Phi) is 7.03. The molecule has 0 aliphatic heterocycles. The Morgan fingerprint density at radius 2 is 1.91 bits per heavy atom. The third-order valence-electron chi connectivity index (χ3n) is 3.80. The van der Waals surface area contributed by atoms with E-state index in [1.807, 2.05) is 0 Å². The number of hydrogen-bond donors (Lipinski definition) is 2. The molecule has 4 nitrogen and oxygen atoms in total. The summed E-state index contributed by atoms with van der Waals surface area (Å²) in [4.78, 5) is 12.1. The average Bonchev–Trinajstić information content (AvgIpc) is 2.46. The molecule has 0 spiro atoms. The normalized spacial score (nSPS) is 16.7. The first-order valence-corrected chi connectivity index (χ1v) is 7.11. The molecule has 0 heterocycles. The molecule has 7 heteroatoms. The van der Waals surface area contributed by atoms with E-state index in [1.54, 1.807) is 12.1 Å². The lowest BCUT2D eigenvalue weighted by atomic mass is 9.82. The van der Waals surface area contributed by atoms with Gasteiger partial charge in [0.15, 0.2) is 0 Å². The Balaban J connectivity index is 0.00000242. The predicted octanol–water partition coefficient (Wildman–Crippen LogP) is 3.10. The van der Waals surface area contributed by atoms with Crippen LogP contribution in [0.3, 0.4) is 0 Å². The van der Waals surface area contributed by atoms with Crippen LogP contribution >= 0.6 is 12.4 Å². The van der Waals surface area contributed by atoms with Crippen LogP contribution in [0.1, 0.15) is 42.5 Å². The number of nitrogens with two attached hydrogens (primary N) is 1. The highest BCUT2D eigenvalue weighted by molar-refractivity contribution is 5.96. The molecule has 1 fully saturated rings. The van der Waals surface area contributed by atoms with Gasteiger partial charge in [0.1, 0.15) is 5.75 Å². The van der Waals surface area contributed by atoms with Crippen molar-refractivity contribution in [1.82, 2.24) is 5.32 Å². The van der Waals surface area contributed by atoms with Gasteiger partial charge in [-0.2, -0.15) is 8.78 Å². The molecule has 0 bridgehead atoms. The number of alkyl halides is 2. The van der Waals surface area contributed by atoms with Crippen LogP contribution in [0.2, 0.25) is 0 Å². The molecule has 1 aromatic rings. The van der Waals surface area contributed by atoms with Crippen molar-refractivity contribution in [3.63, 3.8) is 0 Å². The fourth-order valence-corrected chi connectivity index (χ4v) is 2.64. The summed E-state index contributed by atoms with van der Waals surface area (Å²) in [5.41, 5.74) is 5.94. The summed E-state index contributed by atoms with van der Waals surface area (Å²) in [6.45, 7) is -2.62. The summed E-state index contributed by atoms with van der Waals surface area (Å²) in [5, 5.41) is 2.73. The van der Waals surface area contributed by atoms with E-state index in [0.29, 0.717) is 6.54 Å². The van der Waals surface area contributed by atoms with Gasteiger partial charge in [-0.15, -0.1) is 12.4 Å². The maximum Gasteiger partial charge on any atom is 0.387 e. The van der Waals surface area contributed by atoms with Crippen molar-refractivity contribution >= 4 is 18.3 Å². The summed E-state index contributed by atoms with van der Waals surface area (Å²) in [6.07, 6.45) is 5.00. The van der Waals surface area contributed by atoms with E-state index >= 15 is 0 Å². The van der Waals surface area contributed by atoms with Crippen LogP contribution in [0.4, 0.5) is 8.78 Å². The summed E-state index contributed by atoms with van der Waals surface area (Å²) in [7, 11) is 0. The Bertz CT molecular complexity index is 494. The molecule has 124 valence electrons. The fraction of sp³-hybridized carbons (Fsp3) is 0.533.